The van der Waals surface area contributed by atoms with Crippen LogP contribution in [0.15, 0.2) is 29.2 Å². The highest BCUT2D eigenvalue weighted by Gasteiger charge is 2.13. The molecular formula is C12H14F2N2O2S. The van der Waals surface area contributed by atoms with E-state index in [9.17, 15) is 18.4 Å². The maximum atomic E-state index is 12.1. The van der Waals surface area contributed by atoms with Gasteiger partial charge in [0.05, 0.1) is 0 Å². The highest BCUT2D eigenvalue weighted by atomic mass is 32.2. The fourth-order valence-electron chi connectivity index (χ4n) is 1.34. The predicted octanol–water partition coefficient (Wildman–Crippen LogP) is 2.46. The Balaban J connectivity index is 2.57. The molecule has 0 bridgehead atoms. The van der Waals surface area contributed by atoms with Gasteiger partial charge in [-0.15, -0.1) is 0 Å². The molecule has 0 fully saturated rings. The smallest absolute Gasteiger partial charge is 0.288 e. The third-order valence-corrected chi connectivity index (χ3v) is 2.88. The van der Waals surface area contributed by atoms with E-state index in [2.05, 4.69) is 10.6 Å². The summed E-state index contributed by atoms with van der Waals surface area (Å²) < 4.78 is 24.2. The Morgan fingerprint density at radius 1 is 1.21 bits per heavy atom. The van der Waals surface area contributed by atoms with Gasteiger partial charge in [-0.3, -0.25) is 9.59 Å². The summed E-state index contributed by atoms with van der Waals surface area (Å²) in [6, 6.07) is 5.39. The van der Waals surface area contributed by atoms with Crippen LogP contribution in [0.3, 0.4) is 0 Å². The van der Waals surface area contributed by atoms with Gasteiger partial charge < -0.3 is 10.6 Å². The van der Waals surface area contributed by atoms with Gasteiger partial charge in [-0.2, -0.15) is 8.78 Å². The average Bonchev–Trinajstić information content (AvgIpc) is 2.30. The van der Waals surface area contributed by atoms with Crippen LogP contribution in [0.5, 0.6) is 0 Å². The fraction of sp³-hybridized carbons (Fsp3) is 0.333. The highest BCUT2D eigenvalue weighted by Crippen LogP contribution is 2.26. The standard InChI is InChI=1S/C12H14F2N2O2S/c1-7(15-8(2)17)11(18)16-9-3-5-10(6-4-9)19-12(13)14/h3-7,12H,1-2H3,(H,15,17)(H,16,18). The first-order valence-electron chi connectivity index (χ1n) is 5.51. The first-order valence-corrected chi connectivity index (χ1v) is 6.39. The Labute approximate surface area is 113 Å². The van der Waals surface area contributed by atoms with Crippen molar-refractivity contribution in [1.29, 1.82) is 0 Å². The molecule has 104 valence electrons. The molecule has 0 aliphatic carbocycles. The topological polar surface area (TPSA) is 58.2 Å². The number of hydrogen-bond donors (Lipinski definition) is 2. The van der Waals surface area contributed by atoms with Crippen molar-refractivity contribution in [3.05, 3.63) is 24.3 Å². The van der Waals surface area contributed by atoms with E-state index in [1.807, 2.05) is 0 Å². The van der Waals surface area contributed by atoms with E-state index in [-0.39, 0.29) is 11.8 Å². The van der Waals surface area contributed by atoms with E-state index in [0.29, 0.717) is 22.3 Å². The van der Waals surface area contributed by atoms with Gasteiger partial charge in [-0.25, -0.2) is 0 Å². The second kappa shape index (κ2) is 7.08. The molecule has 1 aromatic rings. The van der Waals surface area contributed by atoms with E-state index < -0.39 is 11.8 Å². The van der Waals surface area contributed by atoms with Crippen LogP contribution in [0.4, 0.5) is 14.5 Å². The molecule has 0 aromatic heterocycles. The maximum absolute atomic E-state index is 12.1. The molecule has 0 heterocycles. The summed E-state index contributed by atoms with van der Waals surface area (Å²) in [6.07, 6.45) is 0. The monoisotopic (exact) mass is 288 g/mol. The first-order chi connectivity index (χ1) is 8.88. The highest BCUT2D eigenvalue weighted by molar-refractivity contribution is 7.99. The van der Waals surface area contributed by atoms with Crippen molar-refractivity contribution in [3.8, 4) is 0 Å². The first kappa shape index (κ1) is 15.4. The molecular weight excluding hydrogens is 274 g/mol. The van der Waals surface area contributed by atoms with Crippen LogP contribution in [0, 0.1) is 0 Å². The van der Waals surface area contributed by atoms with Gasteiger partial charge in [-0.1, -0.05) is 11.8 Å². The number of carbonyl (C=O) groups is 2. The van der Waals surface area contributed by atoms with Gasteiger partial charge in [0.25, 0.3) is 5.76 Å². The zero-order chi connectivity index (χ0) is 14.4. The molecule has 0 aliphatic rings. The number of amides is 2. The van der Waals surface area contributed by atoms with Gasteiger partial charge >= 0.3 is 0 Å². The van der Waals surface area contributed by atoms with Gasteiger partial charge in [0.15, 0.2) is 0 Å². The number of hydrogen-bond acceptors (Lipinski definition) is 3. The molecule has 1 atom stereocenters. The quantitative estimate of drug-likeness (QED) is 0.818. The Bertz CT molecular complexity index is 452. The molecule has 2 amide bonds. The van der Waals surface area contributed by atoms with E-state index in [4.69, 9.17) is 0 Å². The molecule has 1 aromatic carbocycles. The van der Waals surface area contributed by atoms with Crippen molar-refractivity contribution in [2.75, 3.05) is 5.32 Å². The summed E-state index contributed by atoms with van der Waals surface area (Å²) >= 11 is 0.438. The van der Waals surface area contributed by atoms with E-state index >= 15 is 0 Å². The van der Waals surface area contributed by atoms with Crippen molar-refractivity contribution in [3.63, 3.8) is 0 Å². The second-order valence-electron chi connectivity index (χ2n) is 3.81. The molecule has 0 radical (unpaired) electrons. The summed E-state index contributed by atoms with van der Waals surface area (Å²) in [5.74, 6) is -3.14. The molecule has 0 saturated heterocycles. The lowest BCUT2D eigenvalue weighted by molar-refractivity contribution is -0.124. The van der Waals surface area contributed by atoms with Crippen molar-refractivity contribution in [2.24, 2.45) is 0 Å². The lowest BCUT2D eigenvalue weighted by atomic mass is 10.2. The molecule has 1 rings (SSSR count). The Hall–Kier alpha value is -1.63. The van der Waals surface area contributed by atoms with Crippen LogP contribution in [0.25, 0.3) is 0 Å². The summed E-state index contributed by atoms with van der Waals surface area (Å²) in [5.41, 5.74) is 0.487. The van der Waals surface area contributed by atoms with E-state index in [1.165, 1.54) is 31.2 Å². The molecule has 2 N–H and O–H groups in total. The molecule has 4 nitrogen and oxygen atoms in total. The lowest BCUT2D eigenvalue weighted by Gasteiger charge is -2.13. The minimum atomic E-state index is -2.47. The Morgan fingerprint density at radius 2 is 1.79 bits per heavy atom. The molecule has 1 unspecified atom stereocenters. The maximum Gasteiger partial charge on any atom is 0.288 e. The zero-order valence-electron chi connectivity index (χ0n) is 10.4. The number of alkyl halides is 2. The third kappa shape index (κ3) is 5.69. The summed E-state index contributed by atoms with van der Waals surface area (Å²) in [4.78, 5) is 22.9. The average molecular weight is 288 g/mol. The minimum Gasteiger partial charge on any atom is -0.345 e. The van der Waals surface area contributed by atoms with Gasteiger partial charge in [0.1, 0.15) is 6.04 Å². The lowest BCUT2D eigenvalue weighted by Crippen LogP contribution is -2.40. The number of thioether (sulfide) groups is 1. The summed E-state index contributed by atoms with van der Waals surface area (Å²) in [7, 11) is 0. The second-order valence-corrected chi connectivity index (χ2v) is 4.88. The van der Waals surface area contributed by atoms with Gasteiger partial charge in [0, 0.05) is 17.5 Å². The SMILES string of the molecule is CC(=O)NC(C)C(=O)Nc1ccc(SC(F)F)cc1. The van der Waals surface area contributed by atoms with Crippen LogP contribution in [-0.2, 0) is 9.59 Å². The zero-order valence-corrected chi connectivity index (χ0v) is 11.3. The number of benzene rings is 1. The fourth-order valence-corrected chi connectivity index (χ4v) is 1.84. The van der Waals surface area contributed by atoms with Crippen LogP contribution in [0.1, 0.15) is 13.8 Å². The summed E-state index contributed by atoms with van der Waals surface area (Å²) in [6.45, 7) is 2.87. The van der Waals surface area contributed by atoms with Crippen molar-refractivity contribution in [1.82, 2.24) is 5.32 Å². The molecule has 0 aliphatic heterocycles. The number of nitrogens with one attached hydrogen (secondary N) is 2. The van der Waals surface area contributed by atoms with Gasteiger partial charge in [-0.05, 0) is 31.2 Å². The Kier molecular flexibility index (Phi) is 5.75. The molecule has 7 heteroatoms. The minimum absolute atomic E-state index is 0.300. The van der Waals surface area contributed by atoms with Crippen LogP contribution in [-0.4, -0.2) is 23.6 Å². The van der Waals surface area contributed by atoms with Gasteiger partial charge in [0.2, 0.25) is 11.8 Å². The normalized spacial score (nSPS) is 12.1. The number of carbonyl (C=O) groups excluding carboxylic acids is 2. The van der Waals surface area contributed by atoms with Crippen molar-refractivity contribution < 1.29 is 18.4 Å². The van der Waals surface area contributed by atoms with Crippen LogP contribution >= 0.6 is 11.8 Å². The number of anilines is 1. The predicted molar refractivity (Wildman–Crippen MR) is 70.2 cm³/mol. The third-order valence-electron chi connectivity index (χ3n) is 2.16. The van der Waals surface area contributed by atoms with E-state index in [0.717, 1.165) is 0 Å². The number of halogens is 2. The number of rotatable bonds is 5. The Morgan fingerprint density at radius 3 is 2.26 bits per heavy atom. The molecule has 19 heavy (non-hydrogen) atoms. The van der Waals surface area contributed by atoms with Crippen molar-refractivity contribution >= 4 is 29.3 Å². The van der Waals surface area contributed by atoms with Crippen LogP contribution < -0.4 is 10.6 Å². The van der Waals surface area contributed by atoms with E-state index in [1.54, 1.807) is 6.92 Å². The van der Waals surface area contributed by atoms with Crippen molar-refractivity contribution in [2.45, 2.75) is 30.5 Å². The van der Waals surface area contributed by atoms with Crippen LogP contribution in [0.2, 0.25) is 0 Å². The largest absolute Gasteiger partial charge is 0.345 e. The molecule has 0 spiro atoms. The molecule has 0 saturated carbocycles. The summed E-state index contributed by atoms with van der Waals surface area (Å²) in [5, 5.41) is 5.02.